The maximum atomic E-state index is 11.9. The largest absolute Gasteiger partial charge is 0.497 e. The number of hydrogen-bond donors (Lipinski definition) is 1. The van der Waals surface area contributed by atoms with Gasteiger partial charge in [-0.1, -0.05) is 12.1 Å². The summed E-state index contributed by atoms with van der Waals surface area (Å²) in [4.78, 5) is 25.3. The Bertz CT molecular complexity index is 538. The maximum Gasteiger partial charge on any atom is 0.334 e. The fourth-order valence-electron chi connectivity index (χ4n) is 2.56. The Labute approximate surface area is 118 Å². The first-order chi connectivity index (χ1) is 9.41. The van der Waals surface area contributed by atoms with Crippen LogP contribution in [-0.2, 0) is 15.1 Å². The van der Waals surface area contributed by atoms with E-state index < -0.39 is 11.5 Å². The third kappa shape index (κ3) is 2.35. The number of carboxylic acid groups (broad SMARTS) is 1. The summed E-state index contributed by atoms with van der Waals surface area (Å²) >= 11 is 0. The lowest BCUT2D eigenvalue weighted by atomic mass is 9.89. The Morgan fingerprint density at radius 2 is 2.05 bits per heavy atom. The molecule has 0 radical (unpaired) electrons. The molecule has 0 saturated heterocycles. The molecule has 0 aliphatic heterocycles. The number of carbonyl (C=O) groups excluding carboxylic acids is 1. The summed E-state index contributed by atoms with van der Waals surface area (Å²) in [5.41, 5.74) is -0.826. The third-order valence-electron chi connectivity index (χ3n) is 3.78. The fourth-order valence-corrected chi connectivity index (χ4v) is 2.56. The number of aliphatic carboxylic acids is 1. The second-order valence-corrected chi connectivity index (χ2v) is 5.23. The second kappa shape index (κ2) is 5.15. The van der Waals surface area contributed by atoms with Crippen LogP contribution in [0.5, 0.6) is 5.75 Å². The van der Waals surface area contributed by atoms with Crippen LogP contribution in [0, 0.1) is 0 Å². The van der Waals surface area contributed by atoms with E-state index in [1.165, 1.54) is 18.9 Å². The van der Waals surface area contributed by atoms with Crippen LogP contribution in [0.1, 0.15) is 32.3 Å². The van der Waals surface area contributed by atoms with Crippen LogP contribution >= 0.6 is 0 Å². The summed E-state index contributed by atoms with van der Waals surface area (Å²) in [6.07, 6.45) is 1.71. The highest BCUT2D eigenvalue weighted by atomic mass is 16.5. The summed E-state index contributed by atoms with van der Waals surface area (Å²) in [7, 11) is 1.53. The summed E-state index contributed by atoms with van der Waals surface area (Å²) in [6.45, 7) is 2.99. The molecule has 1 unspecified atom stereocenters. The fraction of sp³-hybridized carbons (Fsp3) is 0.467. The van der Waals surface area contributed by atoms with Crippen LogP contribution in [0.4, 0.5) is 0 Å². The first-order valence-corrected chi connectivity index (χ1v) is 6.59. The minimum absolute atomic E-state index is 0.0137. The normalized spacial score (nSPS) is 17.1. The Morgan fingerprint density at radius 1 is 1.40 bits per heavy atom. The Kier molecular flexibility index (Phi) is 3.70. The molecule has 0 heterocycles. The summed E-state index contributed by atoms with van der Waals surface area (Å²) in [5, 5.41) is 9.71. The van der Waals surface area contributed by atoms with E-state index >= 15 is 0 Å². The third-order valence-corrected chi connectivity index (χ3v) is 3.78. The topological polar surface area (TPSA) is 66.8 Å². The van der Waals surface area contributed by atoms with Crippen LogP contribution in [0.25, 0.3) is 0 Å². The zero-order valence-corrected chi connectivity index (χ0v) is 11.9. The molecule has 0 spiro atoms. The quantitative estimate of drug-likeness (QED) is 0.894. The number of carbonyl (C=O) groups is 2. The first kappa shape index (κ1) is 14.4. The number of hydrogen-bond acceptors (Lipinski definition) is 3. The molecule has 1 amide bonds. The molecule has 1 fully saturated rings. The number of nitrogens with zero attached hydrogens (tertiary/aromatic N) is 1. The minimum Gasteiger partial charge on any atom is -0.497 e. The van der Waals surface area contributed by atoms with Gasteiger partial charge in [0.15, 0.2) is 5.54 Å². The second-order valence-electron chi connectivity index (χ2n) is 5.23. The minimum atomic E-state index is -1.37. The molecule has 0 aromatic heterocycles. The van der Waals surface area contributed by atoms with Crippen molar-refractivity contribution in [3.8, 4) is 5.75 Å². The van der Waals surface area contributed by atoms with E-state index in [2.05, 4.69) is 0 Å². The van der Waals surface area contributed by atoms with Crippen molar-refractivity contribution >= 4 is 11.9 Å². The average Bonchev–Trinajstić information content (AvgIpc) is 3.22. The summed E-state index contributed by atoms with van der Waals surface area (Å²) in [6, 6.07) is 6.89. The van der Waals surface area contributed by atoms with Crippen LogP contribution in [0.2, 0.25) is 0 Å². The molecule has 108 valence electrons. The predicted octanol–water partition coefficient (Wildman–Crippen LogP) is 2.01. The molecule has 1 N–H and O–H groups in total. The lowest BCUT2D eigenvalue weighted by molar-refractivity contribution is -0.159. The van der Waals surface area contributed by atoms with Crippen molar-refractivity contribution < 1.29 is 19.4 Å². The Hall–Kier alpha value is -2.04. The molecule has 1 saturated carbocycles. The van der Waals surface area contributed by atoms with Gasteiger partial charge in [0.05, 0.1) is 7.11 Å². The van der Waals surface area contributed by atoms with Crippen molar-refractivity contribution in [2.24, 2.45) is 0 Å². The van der Waals surface area contributed by atoms with Crippen molar-refractivity contribution in [3.05, 3.63) is 29.8 Å². The summed E-state index contributed by atoms with van der Waals surface area (Å²) < 4.78 is 5.15. The van der Waals surface area contributed by atoms with E-state index in [-0.39, 0.29) is 11.9 Å². The molecule has 0 bridgehead atoms. The Morgan fingerprint density at radius 3 is 2.50 bits per heavy atom. The van der Waals surface area contributed by atoms with E-state index in [1.807, 2.05) is 0 Å². The number of ether oxygens (including phenoxy) is 1. The number of methoxy groups -OCH3 is 1. The van der Waals surface area contributed by atoms with Crippen molar-refractivity contribution in [1.82, 2.24) is 4.90 Å². The van der Waals surface area contributed by atoms with Crippen LogP contribution in [0.3, 0.4) is 0 Å². The zero-order valence-electron chi connectivity index (χ0n) is 11.9. The Balaban J connectivity index is 2.52. The van der Waals surface area contributed by atoms with Gasteiger partial charge in [-0.3, -0.25) is 4.79 Å². The number of benzene rings is 1. The molecular formula is C15H19NO4. The van der Waals surface area contributed by atoms with Gasteiger partial charge in [0, 0.05) is 13.0 Å². The van der Waals surface area contributed by atoms with E-state index in [9.17, 15) is 14.7 Å². The molecular weight excluding hydrogens is 258 g/mol. The molecule has 20 heavy (non-hydrogen) atoms. The monoisotopic (exact) mass is 277 g/mol. The van der Waals surface area contributed by atoms with Gasteiger partial charge in [0.2, 0.25) is 5.91 Å². The van der Waals surface area contributed by atoms with Gasteiger partial charge in [0.1, 0.15) is 5.75 Å². The SMILES string of the molecule is COc1cccc(C(C)(C(=O)O)N(C(C)=O)C2CC2)c1. The molecule has 1 aliphatic rings. The predicted molar refractivity (Wildman–Crippen MR) is 73.5 cm³/mol. The lowest BCUT2D eigenvalue weighted by Gasteiger charge is -2.38. The van der Waals surface area contributed by atoms with Gasteiger partial charge in [-0.25, -0.2) is 4.79 Å². The lowest BCUT2D eigenvalue weighted by Crippen LogP contribution is -2.53. The highest BCUT2D eigenvalue weighted by molar-refractivity contribution is 5.87. The molecule has 1 aliphatic carbocycles. The summed E-state index contributed by atoms with van der Waals surface area (Å²) in [5.74, 6) is -0.678. The van der Waals surface area contributed by atoms with Crippen LogP contribution in [0.15, 0.2) is 24.3 Å². The molecule has 5 nitrogen and oxygen atoms in total. The maximum absolute atomic E-state index is 11.9. The van der Waals surface area contributed by atoms with E-state index in [0.29, 0.717) is 11.3 Å². The van der Waals surface area contributed by atoms with Crippen molar-refractivity contribution in [1.29, 1.82) is 0 Å². The number of carboxylic acids is 1. The van der Waals surface area contributed by atoms with E-state index in [4.69, 9.17) is 4.74 Å². The van der Waals surface area contributed by atoms with Gasteiger partial charge in [-0.15, -0.1) is 0 Å². The number of rotatable bonds is 5. The van der Waals surface area contributed by atoms with Crippen molar-refractivity contribution in [2.75, 3.05) is 7.11 Å². The van der Waals surface area contributed by atoms with Crippen molar-refractivity contribution in [2.45, 2.75) is 38.3 Å². The van der Waals surface area contributed by atoms with Crippen LogP contribution < -0.4 is 4.74 Å². The molecule has 1 aromatic rings. The smallest absolute Gasteiger partial charge is 0.334 e. The highest BCUT2D eigenvalue weighted by Gasteiger charge is 2.49. The molecule has 5 heteroatoms. The van der Waals surface area contributed by atoms with Crippen LogP contribution in [-0.4, -0.2) is 35.0 Å². The van der Waals surface area contributed by atoms with E-state index in [1.54, 1.807) is 31.2 Å². The van der Waals surface area contributed by atoms with Gasteiger partial charge >= 0.3 is 5.97 Å². The first-order valence-electron chi connectivity index (χ1n) is 6.59. The van der Waals surface area contributed by atoms with Crippen molar-refractivity contribution in [3.63, 3.8) is 0 Å². The zero-order chi connectivity index (χ0) is 14.9. The average molecular weight is 277 g/mol. The highest BCUT2D eigenvalue weighted by Crippen LogP contribution is 2.39. The van der Waals surface area contributed by atoms with Gasteiger partial charge in [-0.05, 0) is 37.5 Å². The van der Waals surface area contributed by atoms with Gasteiger partial charge in [0.25, 0.3) is 0 Å². The van der Waals surface area contributed by atoms with Gasteiger partial charge < -0.3 is 14.7 Å². The van der Waals surface area contributed by atoms with E-state index in [0.717, 1.165) is 12.8 Å². The molecule has 1 aromatic carbocycles. The molecule has 1 atom stereocenters. The standard InChI is InChI=1S/C15H19NO4/c1-10(17)16(12-7-8-12)15(2,14(18)19)11-5-4-6-13(9-11)20-3/h4-6,9,12H,7-8H2,1-3H3,(H,18,19). The van der Waals surface area contributed by atoms with Gasteiger partial charge in [-0.2, -0.15) is 0 Å². The molecule has 2 rings (SSSR count). The number of amides is 1.